The lowest BCUT2D eigenvalue weighted by atomic mass is 10.1. The SMILES string of the molecule is O=[N+]([O-])O[C@@H]1CO[C@H]2[C@@H]1OC[C@@H]2OCC(O)CN1CCSCC1. The number of thioether (sulfide) groups is 1. The van der Waals surface area contributed by atoms with Crippen molar-refractivity contribution < 1.29 is 29.2 Å². The van der Waals surface area contributed by atoms with Crippen molar-refractivity contribution in [3.05, 3.63) is 10.1 Å². The summed E-state index contributed by atoms with van der Waals surface area (Å²) in [5.74, 6) is 2.19. The summed E-state index contributed by atoms with van der Waals surface area (Å²) in [7, 11) is 0. The second-order valence-corrected chi connectivity index (χ2v) is 7.13. The molecule has 0 aromatic carbocycles. The minimum atomic E-state index is -0.825. The minimum absolute atomic E-state index is 0.115. The maximum atomic E-state index is 10.4. The number of hydrogen-bond donors (Lipinski definition) is 1. The number of rotatable bonds is 7. The molecular weight excluding hydrogens is 328 g/mol. The molecule has 3 rings (SSSR count). The molecule has 0 aliphatic carbocycles. The van der Waals surface area contributed by atoms with Crippen molar-refractivity contribution in [2.24, 2.45) is 0 Å². The van der Waals surface area contributed by atoms with Crippen LogP contribution < -0.4 is 0 Å². The number of ether oxygens (including phenoxy) is 3. The summed E-state index contributed by atoms with van der Waals surface area (Å²) in [6, 6.07) is 0. The highest BCUT2D eigenvalue weighted by molar-refractivity contribution is 7.99. The summed E-state index contributed by atoms with van der Waals surface area (Å²) in [6.45, 7) is 3.18. The summed E-state index contributed by atoms with van der Waals surface area (Å²) in [5.41, 5.74) is 0. The molecule has 1 unspecified atom stereocenters. The smallest absolute Gasteiger partial charge is 0.294 e. The molecule has 0 aromatic rings. The zero-order chi connectivity index (χ0) is 16.2. The van der Waals surface area contributed by atoms with Gasteiger partial charge in [0.15, 0.2) is 6.10 Å². The standard InChI is InChI=1S/C13H22N2O7S/c16-9(5-14-1-3-23-4-2-14)6-19-10-7-20-13-11(22-15(17)18)8-21-12(10)13/h9-13,16H,1-8H2/t9?,10-,11+,12+,13+/m0/s1. The van der Waals surface area contributed by atoms with Crippen LogP contribution in [0.3, 0.4) is 0 Å². The van der Waals surface area contributed by atoms with Crippen LogP contribution in [0.25, 0.3) is 0 Å². The van der Waals surface area contributed by atoms with Crippen LogP contribution in [0, 0.1) is 10.1 Å². The van der Waals surface area contributed by atoms with Crippen molar-refractivity contribution in [2.45, 2.75) is 30.5 Å². The lowest BCUT2D eigenvalue weighted by molar-refractivity contribution is -0.769. The summed E-state index contributed by atoms with van der Waals surface area (Å²) in [4.78, 5) is 17.2. The van der Waals surface area contributed by atoms with Crippen LogP contribution in [-0.2, 0) is 19.0 Å². The van der Waals surface area contributed by atoms with Crippen molar-refractivity contribution in [2.75, 3.05) is 51.0 Å². The average Bonchev–Trinajstić information content (AvgIpc) is 3.09. The number of β-amino-alcohol motifs (C(OH)–C–C–N with tert-alkyl or cyclic N) is 1. The minimum Gasteiger partial charge on any atom is -0.389 e. The second kappa shape index (κ2) is 7.95. The molecule has 0 amide bonds. The van der Waals surface area contributed by atoms with Crippen molar-refractivity contribution >= 4 is 11.8 Å². The van der Waals surface area contributed by atoms with Gasteiger partial charge in [-0.3, -0.25) is 4.90 Å². The fourth-order valence-corrected chi connectivity index (χ4v) is 4.12. The molecule has 9 nitrogen and oxygen atoms in total. The Morgan fingerprint density at radius 2 is 1.91 bits per heavy atom. The van der Waals surface area contributed by atoms with Crippen molar-refractivity contribution in [1.82, 2.24) is 4.90 Å². The van der Waals surface area contributed by atoms with Gasteiger partial charge in [-0.05, 0) is 0 Å². The van der Waals surface area contributed by atoms with E-state index in [0.717, 1.165) is 24.6 Å². The molecule has 132 valence electrons. The van der Waals surface area contributed by atoms with Gasteiger partial charge in [0.1, 0.15) is 18.3 Å². The largest absolute Gasteiger partial charge is 0.389 e. The van der Waals surface area contributed by atoms with Crippen LogP contribution >= 0.6 is 11.8 Å². The van der Waals surface area contributed by atoms with Crippen LogP contribution in [0.5, 0.6) is 0 Å². The molecule has 1 N–H and O–H groups in total. The Morgan fingerprint density at radius 1 is 1.26 bits per heavy atom. The number of aliphatic hydroxyl groups is 1. The zero-order valence-electron chi connectivity index (χ0n) is 12.7. The first-order valence-electron chi connectivity index (χ1n) is 7.77. The van der Waals surface area contributed by atoms with E-state index in [0.29, 0.717) is 13.2 Å². The molecule has 23 heavy (non-hydrogen) atoms. The van der Waals surface area contributed by atoms with Gasteiger partial charge in [0.05, 0.1) is 25.9 Å². The van der Waals surface area contributed by atoms with Gasteiger partial charge in [0, 0.05) is 31.1 Å². The third-order valence-electron chi connectivity index (χ3n) is 4.26. The fourth-order valence-electron chi connectivity index (χ4n) is 3.14. The Hall–Kier alpha value is -0.650. The number of hydrogen-bond acceptors (Lipinski definition) is 9. The van der Waals surface area contributed by atoms with E-state index in [1.807, 2.05) is 11.8 Å². The highest BCUT2D eigenvalue weighted by Gasteiger charge is 2.50. The molecule has 10 heteroatoms. The quantitative estimate of drug-likeness (QED) is 0.465. The highest BCUT2D eigenvalue weighted by atomic mass is 32.2. The molecular formula is C13H22N2O7S. The van der Waals surface area contributed by atoms with E-state index < -0.39 is 23.4 Å². The van der Waals surface area contributed by atoms with E-state index in [9.17, 15) is 15.2 Å². The molecule has 3 aliphatic heterocycles. The Kier molecular flexibility index (Phi) is 5.94. The Balaban J connectivity index is 1.40. The molecule has 3 fully saturated rings. The van der Waals surface area contributed by atoms with E-state index in [1.54, 1.807) is 0 Å². The summed E-state index contributed by atoms with van der Waals surface area (Å²) >= 11 is 1.93. The molecule has 3 aliphatic rings. The third kappa shape index (κ3) is 4.46. The number of fused-ring (bicyclic) bond motifs is 1. The van der Waals surface area contributed by atoms with Crippen LogP contribution in [0.4, 0.5) is 0 Å². The van der Waals surface area contributed by atoms with Gasteiger partial charge in [0.25, 0.3) is 5.09 Å². The van der Waals surface area contributed by atoms with E-state index in [4.69, 9.17) is 14.2 Å². The molecule has 0 radical (unpaired) electrons. The molecule has 0 aromatic heterocycles. The van der Waals surface area contributed by atoms with Crippen LogP contribution in [0.1, 0.15) is 0 Å². The lowest BCUT2D eigenvalue weighted by Gasteiger charge is -2.28. The molecule has 3 heterocycles. The Labute approximate surface area is 138 Å². The van der Waals surface area contributed by atoms with Crippen LogP contribution in [0.2, 0.25) is 0 Å². The molecule has 0 spiro atoms. The van der Waals surface area contributed by atoms with Gasteiger partial charge in [0.2, 0.25) is 0 Å². The fraction of sp³-hybridized carbons (Fsp3) is 1.00. The average molecular weight is 350 g/mol. The number of aliphatic hydroxyl groups excluding tert-OH is 1. The first kappa shape index (κ1) is 17.2. The van der Waals surface area contributed by atoms with Crippen LogP contribution in [0.15, 0.2) is 0 Å². The van der Waals surface area contributed by atoms with Crippen molar-refractivity contribution in [1.29, 1.82) is 0 Å². The number of nitrogens with zero attached hydrogens (tertiary/aromatic N) is 2. The maximum absolute atomic E-state index is 10.4. The topological polar surface area (TPSA) is 104 Å². The first-order valence-corrected chi connectivity index (χ1v) is 8.93. The Morgan fingerprint density at radius 3 is 2.61 bits per heavy atom. The predicted octanol–water partition coefficient (Wildman–Crippen LogP) is -0.844. The van der Waals surface area contributed by atoms with E-state index in [-0.39, 0.29) is 25.4 Å². The third-order valence-corrected chi connectivity index (χ3v) is 5.20. The van der Waals surface area contributed by atoms with E-state index in [2.05, 4.69) is 9.74 Å². The molecule has 0 saturated carbocycles. The second-order valence-electron chi connectivity index (χ2n) is 5.90. The van der Waals surface area contributed by atoms with Gasteiger partial charge in [-0.15, -0.1) is 10.1 Å². The van der Waals surface area contributed by atoms with Gasteiger partial charge in [-0.1, -0.05) is 0 Å². The normalized spacial score (nSPS) is 35.9. The maximum Gasteiger partial charge on any atom is 0.294 e. The molecule has 3 saturated heterocycles. The first-order chi connectivity index (χ1) is 11.1. The van der Waals surface area contributed by atoms with Gasteiger partial charge in [-0.2, -0.15) is 11.8 Å². The molecule has 5 atom stereocenters. The zero-order valence-corrected chi connectivity index (χ0v) is 13.6. The monoisotopic (exact) mass is 350 g/mol. The summed E-state index contributed by atoms with van der Waals surface area (Å²) < 4.78 is 16.7. The van der Waals surface area contributed by atoms with Gasteiger partial charge in [-0.25, -0.2) is 0 Å². The van der Waals surface area contributed by atoms with Gasteiger partial charge < -0.3 is 24.2 Å². The van der Waals surface area contributed by atoms with Crippen molar-refractivity contribution in [3.63, 3.8) is 0 Å². The Bertz CT molecular complexity index is 410. The molecule has 0 bridgehead atoms. The van der Waals surface area contributed by atoms with Crippen molar-refractivity contribution in [3.8, 4) is 0 Å². The predicted molar refractivity (Wildman–Crippen MR) is 80.9 cm³/mol. The van der Waals surface area contributed by atoms with E-state index >= 15 is 0 Å². The van der Waals surface area contributed by atoms with Crippen LogP contribution in [-0.4, -0.2) is 96.6 Å². The summed E-state index contributed by atoms with van der Waals surface area (Å²) in [6.07, 6.45) is -2.46. The van der Waals surface area contributed by atoms with Gasteiger partial charge >= 0.3 is 0 Å². The highest BCUT2D eigenvalue weighted by Crippen LogP contribution is 2.30. The lowest BCUT2D eigenvalue weighted by Crippen LogP contribution is -2.41. The summed E-state index contributed by atoms with van der Waals surface area (Å²) in [5, 5.41) is 19.7. The van der Waals surface area contributed by atoms with E-state index in [1.165, 1.54) is 0 Å².